The monoisotopic (exact) mass is 294 g/mol. The van der Waals surface area contributed by atoms with Crippen LogP contribution in [-0.4, -0.2) is 11.5 Å². The number of nitrogens with one attached hydrogen (secondary N) is 1. The van der Waals surface area contributed by atoms with Gasteiger partial charge in [0.1, 0.15) is 23.2 Å². The van der Waals surface area contributed by atoms with Gasteiger partial charge in [0.05, 0.1) is 0 Å². The van der Waals surface area contributed by atoms with Crippen LogP contribution in [0.25, 0.3) is 0 Å². The van der Waals surface area contributed by atoms with Gasteiger partial charge in [0.15, 0.2) is 0 Å². The largest absolute Gasteiger partial charge is 0.486 e. The summed E-state index contributed by atoms with van der Waals surface area (Å²) in [4.78, 5) is 4.32. The molecule has 1 N–H and O–H groups in total. The molecule has 0 atom stereocenters. The number of nitrogens with zero attached hydrogens (tertiary/aromatic N) is 1. The highest BCUT2D eigenvalue weighted by atomic mass is 32.1. The summed E-state index contributed by atoms with van der Waals surface area (Å²) in [6, 6.07) is 4.80. The van der Waals surface area contributed by atoms with Crippen LogP contribution in [0.5, 0.6) is 5.75 Å². The van der Waals surface area contributed by atoms with Gasteiger partial charge in [-0.2, -0.15) is 0 Å². The lowest BCUT2D eigenvalue weighted by molar-refractivity contribution is 0.303. The molecule has 108 valence electrons. The van der Waals surface area contributed by atoms with Crippen molar-refractivity contribution in [1.82, 2.24) is 10.3 Å². The molecule has 0 fully saturated rings. The Labute approximate surface area is 122 Å². The van der Waals surface area contributed by atoms with Crippen LogP contribution in [0.3, 0.4) is 0 Å². The van der Waals surface area contributed by atoms with Crippen LogP contribution in [0.1, 0.15) is 29.6 Å². The predicted octanol–water partition coefficient (Wildman–Crippen LogP) is 3.67. The highest BCUT2D eigenvalue weighted by molar-refractivity contribution is 7.09. The Morgan fingerprint density at radius 2 is 2.20 bits per heavy atom. The van der Waals surface area contributed by atoms with Crippen molar-refractivity contribution in [3.05, 3.63) is 45.7 Å². The minimum atomic E-state index is -0.272. The molecule has 0 aliphatic rings. The van der Waals surface area contributed by atoms with Crippen molar-refractivity contribution in [2.75, 3.05) is 6.54 Å². The molecule has 0 bridgehead atoms. The third-order valence-electron chi connectivity index (χ3n) is 2.72. The summed E-state index contributed by atoms with van der Waals surface area (Å²) >= 11 is 1.55. The Bertz CT molecular complexity index is 557. The summed E-state index contributed by atoms with van der Waals surface area (Å²) in [5, 5.41) is 6.13. The molecule has 0 unspecified atom stereocenters. The summed E-state index contributed by atoms with van der Waals surface area (Å²) in [7, 11) is 0. The SMILES string of the molecule is CCCNCc1cc(F)cc(OCc2nc(C)cs2)c1. The molecule has 20 heavy (non-hydrogen) atoms. The summed E-state index contributed by atoms with van der Waals surface area (Å²) in [5.41, 5.74) is 1.88. The van der Waals surface area contributed by atoms with E-state index < -0.39 is 0 Å². The molecule has 0 aliphatic carbocycles. The van der Waals surface area contributed by atoms with Crippen LogP contribution in [-0.2, 0) is 13.2 Å². The predicted molar refractivity (Wildman–Crippen MR) is 79.6 cm³/mol. The second-order valence-corrected chi connectivity index (χ2v) is 5.59. The molecule has 0 aliphatic heterocycles. The third-order valence-corrected chi connectivity index (χ3v) is 3.66. The number of aryl methyl sites for hydroxylation is 1. The number of hydrogen-bond acceptors (Lipinski definition) is 4. The lowest BCUT2D eigenvalue weighted by Gasteiger charge is -2.08. The lowest BCUT2D eigenvalue weighted by Crippen LogP contribution is -2.14. The fourth-order valence-electron chi connectivity index (χ4n) is 1.83. The molecule has 0 amide bonds. The van der Waals surface area contributed by atoms with Crippen molar-refractivity contribution in [2.24, 2.45) is 0 Å². The van der Waals surface area contributed by atoms with Crippen LogP contribution in [0.4, 0.5) is 4.39 Å². The fraction of sp³-hybridized carbons (Fsp3) is 0.400. The van der Waals surface area contributed by atoms with E-state index in [2.05, 4.69) is 17.2 Å². The molecule has 0 saturated carbocycles. The van der Waals surface area contributed by atoms with E-state index in [1.165, 1.54) is 12.1 Å². The van der Waals surface area contributed by atoms with Gasteiger partial charge in [0, 0.05) is 23.7 Å². The Balaban J connectivity index is 1.96. The Morgan fingerprint density at radius 1 is 1.35 bits per heavy atom. The van der Waals surface area contributed by atoms with E-state index in [9.17, 15) is 4.39 Å². The first-order valence-corrected chi connectivity index (χ1v) is 7.59. The number of thiazole rings is 1. The van der Waals surface area contributed by atoms with Crippen molar-refractivity contribution in [2.45, 2.75) is 33.4 Å². The van der Waals surface area contributed by atoms with Crippen LogP contribution < -0.4 is 10.1 Å². The van der Waals surface area contributed by atoms with Gasteiger partial charge in [-0.1, -0.05) is 6.92 Å². The first-order chi connectivity index (χ1) is 9.67. The summed E-state index contributed by atoms with van der Waals surface area (Å²) in [6.07, 6.45) is 1.06. The van der Waals surface area contributed by atoms with E-state index in [1.807, 2.05) is 18.4 Å². The highest BCUT2D eigenvalue weighted by Gasteiger charge is 2.04. The number of ether oxygens (including phenoxy) is 1. The van der Waals surface area contributed by atoms with Gasteiger partial charge in [-0.15, -0.1) is 11.3 Å². The average Bonchev–Trinajstić information content (AvgIpc) is 2.82. The Morgan fingerprint density at radius 3 is 2.90 bits per heavy atom. The fourth-order valence-corrected chi connectivity index (χ4v) is 2.51. The van der Waals surface area contributed by atoms with Gasteiger partial charge in [-0.05, 0) is 37.6 Å². The van der Waals surface area contributed by atoms with E-state index in [0.29, 0.717) is 18.9 Å². The van der Waals surface area contributed by atoms with Crippen LogP contribution in [0, 0.1) is 12.7 Å². The standard InChI is InChI=1S/C15H19FN2OS/c1-3-4-17-8-12-5-13(16)7-14(6-12)19-9-15-18-11(2)10-20-15/h5-7,10,17H,3-4,8-9H2,1-2H3. The van der Waals surface area contributed by atoms with Crippen LogP contribution in [0.15, 0.2) is 23.6 Å². The number of hydrogen-bond donors (Lipinski definition) is 1. The van der Waals surface area contributed by atoms with Gasteiger partial charge in [-0.3, -0.25) is 0 Å². The van der Waals surface area contributed by atoms with Gasteiger partial charge in [0.2, 0.25) is 0 Å². The number of benzene rings is 1. The molecule has 0 radical (unpaired) electrons. The lowest BCUT2D eigenvalue weighted by atomic mass is 10.2. The van der Waals surface area contributed by atoms with Crippen LogP contribution in [0.2, 0.25) is 0 Å². The maximum atomic E-state index is 13.5. The molecule has 3 nitrogen and oxygen atoms in total. The van der Waals surface area contributed by atoms with E-state index in [4.69, 9.17) is 4.74 Å². The van der Waals surface area contributed by atoms with Gasteiger partial charge in [-0.25, -0.2) is 9.37 Å². The molecule has 2 aromatic rings. The van der Waals surface area contributed by atoms with Crippen molar-refractivity contribution >= 4 is 11.3 Å². The first-order valence-electron chi connectivity index (χ1n) is 6.71. The van der Waals surface area contributed by atoms with E-state index in [0.717, 1.165) is 29.2 Å². The van der Waals surface area contributed by atoms with Crippen molar-refractivity contribution in [3.8, 4) is 5.75 Å². The zero-order valence-corrected chi connectivity index (χ0v) is 12.6. The second-order valence-electron chi connectivity index (χ2n) is 4.64. The number of aromatic nitrogens is 1. The molecular weight excluding hydrogens is 275 g/mol. The van der Waals surface area contributed by atoms with Gasteiger partial charge < -0.3 is 10.1 Å². The molecule has 1 aromatic heterocycles. The minimum absolute atomic E-state index is 0.272. The molecular formula is C15H19FN2OS. The smallest absolute Gasteiger partial charge is 0.140 e. The molecule has 5 heteroatoms. The van der Waals surface area contributed by atoms with Crippen molar-refractivity contribution in [3.63, 3.8) is 0 Å². The molecule has 0 saturated heterocycles. The first kappa shape index (κ1) is 14.9. The molecule has 2 rings (SSSR count). The second kappa shape index (κ2) is 7.36. The maximum Gasteiger partial charge on any atom is 0.140 e. The average molecular weight is 294 g/mol. The zero-order valence-electron chi connectivity index (χ0n) is 11.8. The molecule has 1 aromatic carbocycles. The summed E-state index contributed by atoms with van der Waals surface area (Å²) in [5.74, 6) is 0.275. The summed E-state index contributed by atoms with van der Waals surface area (Å²) < 4.78 is 19.2. The summed E-state index contributed by atoms with van der Waals surface area (Å²) in [6.45, 7) is 6.00. The number of rotatable bonds is 7. The van der Waals surface area contributed by atoms with E-state index in [-0.39, 0.29) is 5.82 Å². The Kier molecular flexibility index (Phi) is 5.49. The van der Waals surface area contributed by atoms with E-state index >= 15 is 0 Å². The number of halogens is 1. The minimum Gasteiger partial charge on any atom is -0.486 e. The topological polar surface area (TPSA) is 34.1 Å². The normalized spacial score (nSPS) is 10.8. The maximum absolute atomic E-state index is 13.5. The Hall–Kier alpha value is -1.46. The van der Waals surface area contributed by atoms with E-state index in [1.54, 1.807) is 11.3 Å². The van der Waals surface area contributed by atoms with Crippen LogP contribution >= 0.6 is 11.3 Å². The quantitative estimate of drug-likeness (QED) is 0.791. The van der Waals surface area contributed by atoms with Crippen molar-refractivity contribution in [1.29, 1.82) is 0 Å². The van der Waals surface area contributed by atoms with Gasteiger partial charge >= 0.3 is 0 Å². The third kappa shape index (κ3) is 4.58. The molecule has 1 heterocycles. The zero-order chi connectivity index (χ0) is 14.4. The molecule has 0 spiro atoms. The highest BCUT2D eigenvalue weighted by Crippen LogP contribution is 2.19. The van der Waals surface area contributed by atoms with Crippen molar-refractivity contribution < 1.29 is 9.13 Å². The van der Waals surface area contributed by atoms with Gasteiger partial charge in [0.25, 0.3) is 0 Å².